The van der Waals surface area contributed by atoms with Gasteiger partial charge in [0.05, 0.1) is 6.26 Å². The molecular weight excluding hydrogens is 460 g/mol. The smallest absolute Gasteiger partial charge is 0.333 e. The number of allylic oxidation sites excluding steroid dienone is 6. The summed E-state index contributed by atoms with van der Waals surface area (Å²) in [6, 6.07) is 3.48. The zero-order valence-corrected chi connectivity index (χ0v) is 21.6. The molecule has 0 aliphatic heterocycles. The maximum Gasteiger partial charge on any atom is 0.333 e. The molecule has 7 heteroatoms. The Morgan fingerprint density at radius 3 is 1.97 bits per heavy atom. The van der Waals surface area contributed by atoms with Crippen LogP contribution in [0.5, 0.6) is 0 Å². The molecule has 0 atom stereocenters. The Balaban J connectivity index is 0.000000510. The zero-order chi connectivity index (χ0) is 27.3. The van der Waals surface area contributed by atoms with Crippen LogP contribution in [0.1, 0.15) is 39.9 Å². The Bertz CT molecular complexity index is 998. The van der Waals surface area contributed by atoms with Gasteiger partial charge in [-0.2, -0.15) is 0 Å². The van der Waals surface area contributed by atoms with Crippen LogP contribution >= 0.6 is 0 Å². The normalized spacial score (nSPS) is 11.5. The van der Waals surface area contributed by atoms with Gasteiger partial charge in [-0.3, -0.25) is 0 Å². The van der Waals surface area contributed by atoms with Gasteiger partial charge < -0.3 is 18.6 Å². The molecule has 0 saturated carbocycles. The van der Waals surface area contributed by atoms with Crippen molar-refractivity contribution in [3.8, 4) is 0 Å². The third kappa shape index (κ3) is 16.5. The molecule has 0 N–H and O–H groups in total. The molecule has 1 aliphatic carbocycles. The van der Waals surface area contributed by atoms with Gasteiger partial charge in [0.15, 0.2) is 0 Å². The van der Waals surface area contributed by atoms with E-state index in [1.807, 2.05) is 43.4 Å². The van der Waals surface area contributed by atoms with E-state index in [9.17, 15) is 14.4 Å². The molecule has 1 aromatic rings. The maximum absolute atomic E-state index is 10.9. The van der Waals surface area contributed by atoms with Crippen molar-refractivity contribution in [2.45, 2.75) is 40.7 Å². The van der Waals surface area contributed by atoms with Crippen LogP contribution < -0.4 is 0 Å². The van der Waals surface area contributed by atoms with Crippen molar-refractivity contribution >= 4 is 17.9 Å². The molecular formula is C29H36O7. The van der Waals surface area contributed by atoms with Gasteiger partial charge >= 0.3 is 17.9 Å². The van der Waals surface area contributed by atoms with Crippen LogP contribution in [-0.4, -0.2) is 31.1 Å². The Morgan fingerprint density at radius 1 is 0.917 bits per heavy atom. The van der Waals surface area contributed by atoms with E-state index in [2.05, 4.69) is 19.7 Å². The lowest BCUT2D eigenvalue weighted by Crippen LogP contribution is -2.07. The number of carbonyl (C=O) groups excluding carboxylic acids is 3. The molecule has 2 rings (SSSR count). The van der Waals surface area contributed by atoms with Gasteiger partial charge in [0, 0.05) is 16.7 Å². The van der Waals surface area contributed by atoms with Crippen LogP contribution in [0.2, 0.25) is 0 Å². The van der Waals surface area contributed by atoms with Crippen molar-refractivity contribution in [2.24, 2.45) is 0 Å². The lowest BCUT2D eigenvalue weighted by Gasteiger charge is -2.03. The van der Waals surface area contributed by atoms with Gasteiger partial charge in [-0.1, -0.05) is 56.2 Å². The molecule has 0 radical (unpaired) electrons. The lowest BCUT2D eigenvalue weighted by molar-refractivity contribution is -0.141. The number of carbonyl (C=O) groups is 3. The van der Waals surface area contributed by atoms with Crippen LogP contribution in [0.25, 0.3) is 0 Å². The number of rotatable bonds is 10. The van der Waals surface area contributed by atoms with Crippen molar-refractivity contribution in [2.75, 3.05) is 13.2 Å². The summed E-state index contributed by atoms with van der Waals surface area (Å²) in [7, 11) is 0. The van der Waals surface area contributed by atoms with E-state index < -0.39 is 5.97 Å². The molecule has 0 amide bonds. The number of hydrogen-bond acceptors (Lipinski definition) is 7. The predicted octanol–water partition coefficient (Wildman–Crippen LogP) is 6.13. The van der Waals surface area contributed by atoms with E-state index >= 15 is 0 Å². The fourth-order valence-corrected chi connectivity index (χ4v) is 2.03. The summed E-state index contributed by atoms with van der Waals surface area (Å²) in [5, 5.41) is 0. The minimum Gasteiger partial charge on any atom is -0.466 e. The fourth-order valence-electron chi connectivity index (χ4n) is 2.03. The SMILES string of the molecule is C=C(C)C(=O)OC/C=C/C=C/C.C=C(C)C(=O)OCC1=CC=CC1.C=C(C)C(=O)OCc1ccco1. The molecule has 0 unspecified atom stereocenters. The third-order valence-electron chi connectivity index (χ3n) is 3.96. The fraction of sp³-hybridized carbons (Fsp3) is 0.276. The predicted molar refractivity (Wildman–Crippen MR) is 141 cm³/mol. The summed E-state index contributed by atoms with van der Waals surface area (Å²) in [4.78, 5) is 32.6. The number of ether oxygens (including phenoxy) is 3. The highest BCUT2D eigenvalue weighted by Gasteiger charge is 2.06. The zero-order valence-electron chi connectivity index (χ0n) is 21.6. The number of furan rings is 1. The Kier molecular flexibility index (Phi) is 17.0. The average Bonchev–Trinajstić information content (AvgIpc) is 3.55. The van der Waals surface area contributed by atoms with Gasteiger partial charge in [-0.25, -0.2) is 14.4 Å². The molecule has 0 fully saturated rings. The molecule has 194 valence electrons. The standard InChI is InChI=1S/C10H12O2.C10H14O2.C9H10O3/c1-8(2)10(11)12-7-9-5-3-4-6-9;1-4-5-6-7-8-12-10(11)9(2)3;1-7(2)9(10)12-6-8-4-3-5-11-8/h3-5H,1,6-7H2,2H3;4-7H,2,8H2,1,3H3;3-5H,1,6H2,2H3/b;5-4+,7-6+;. The van der Waals surface area contributed by atoms with Crippen molar-refractivity contribution in [1.29, 1.82) is 0 Å². The van der Waals surface area contributed by atoms with E-state index in [1.54, 1.807) is 39.0 Å². The lowest BCUT2D eigenvalue weighted by atomic mass is 10.2. The summed E-state index contributed by atoms with van der Waals surface area (Å²) in [5.74, 6) is -0.432. The maximum atomic E-state index is 10.9. The topological polar surface area (TPSA) is 92.0 Å². The first-order chi connectivity index (χ1) is 17.1. The second-order valence-corrected chi connectivity index (χ2v) is 7.58. The Morgan fingerprint density at radius 2 is 1.50 bits per heavy atom. The quantitative estimate of drug-likeness (QED) is 0.166. The Hall–Kier alpha value is -4.13. The van der Waals surface area contributed by atoms with Crippen molar-refractivity contribution in [3.05, 3.63) is 109 Å². The first-order valence-electron chi connectivity index (χ1n) is 11.2. The molecule has 1 aromatic heterocycles. The minimum atomic E-state index is -0.397. The first-order valence-corrected chi connectivity index (χ1v) is 11.2. The molecule has 0 aromatic carbocycles. The van der Waals surface area contributed by atoms with Crippen LogP contribution in [0, 0.1) is 0 Å². The van der Waals surface area contributed by atoms with Crippen LogP contribution in [-0.2, 0) is 35.2 Å². The average molecular weight is 497 g/mol. The second kappa shape index (κ2) is 19.2. The van der Waals surface area contributed by atoms with Gasteiger partial charge in [-0.15, -0.1) is 0 Å². The van der Waals surface area contributed by atoms with Crippen LogP contribution in [0.15, 0.2) is 107 Å². The van der Waals surface area contributed by atoms with Crippen LogP contribution in [0.4, 0.5) is 0 Å². The first kappa shape index (κ1) is 31.9. The minimum absolute atomic E-state index is 0.165. The highest BCUT2D eigenvalue weighted by Crippen LogP contribution is 2.10. The summed E-state index contributed by atoms with van der Waals surface area (Å²) >= 11 is 0. The molecule has 36 heavy (non-hydrogen) atoms. The van der Waals surface area contributed by atoms with E-state index in [-0.39, 0.29) is 18.5 Å². The molecule has 0 spiro atoms. The highest BCUT2D eigenvalue weighted by molar-refractivity contribution is 5.87. The van der Waals surface area contributed by atoms with E-state index in [4.69, 9.17) is 18.6 Å². The van der Waals surface area contributed by atoms with E-state index in [0.717, 1.165) is 12.0 Å². The summed E-state index contributed by atoms with van der Waals surface area (Å²) in [6.45, 7) is 18.0. The van der Waals surface area contributed by atoms with Crippen LogP contribution in [0.3, 0.4) is 0 Å². The van der Waals surface area contributed by atoms with Crippen molar-refractivity contribution in [1.82, 2.24) is 0 Å². The molecule has 0 saturated heterocycles. The molecule has 1 heterocycles. The summed E-state index contributed by atoms with van der Waals surface area (Å²) in [5.41, 5.74) is 2.39. The largest absolute Gasteiger partial charge is 0.466 e. The summed E-state index contributed by atoms with van der Waals surface area (Å²) in [6.07, 6.45) is 15.7. The van der Waals surface area contributed by atoms with Crippen molar-refractivity contribution in [3.63, 3.8) is 0 Å². The third-order valence-corrected chi connectivity index (χ3v) is 3.96. The van der Waals surface area contributed by atoms with Gasteiger partial charge in [0.2, 0.25) is 0 Å². The van der Waals surface area contributed by atoms with Crippen molar-refractivity contribution < 1.29 is 33.0 Å². The van der Waals surface area contributed by atoms with Gasteiger partial charge in [0.1, 0.15) is 25.6 Å². The number of esters is 3. The number of hydrogen-bond donors (Lipinski definition) is 0. The van der Waals surface area contributed by atoms with E-state index in [1.165, 1.54) is 6.26 Å². The molecule has 7 nitrogen and oxygen atoms in total. The molecule has 1 aliphatic rings. The van der Waals surface area contributed by atoms with E-state index in [0.29, 0.717) is 35.7 Å². The summed E-state index contributed by atoms with van der Waals surface area (Å²) < 4.78 is 19.5. The second-order valence-electron chi connectivity index (χ2n) is 7.58. The van der Waals surface area contributed by atoms with Gasteiger partial charge in [-0.05, 0) is 57.9 Å². The highest BCUT2D eigenvalue weighted by atomic mass is 16.5. The van der Waals surface area contributed by atoms with Gasteiger partial charge in [0.25, 0.3) is 0 Å². The Labute approximate surface area is 213 Å². The monoisotopic (exact) mass is 496 g/mol. The molecule has 0 bridgehead atoms.